The number of hydrogen-bond acceptors (Lipinski definition) is 5. The van der Waals surface area contributed by atoms with E-state index in [1.165, 1.54) is 19.8 Å². The molecule has 3 atom stereocenters. The summed E-state index contributed by atoms with van der Waals surface area (Å²) in [4.78, 5) is 30.2. The van der Waals surface area contributed by atoms with Gasteiger partial charge >= 0.3 is 5.97 Å². The van der Waals surface area contributed by atoms with E-state index >= 15 is 0 Å². The molecule has 1 saturated heterocycles. The number of fused-ring (bicyclic) bond motifs is 1. The third-order valence-corrected chi connectivity index (χ3v) is 8.51. The summed E-state index contributed by atoms with van der Waals surface area (Å²) in [6.07, 6.45) is 5.52. The Kier molecular flexibility index (Phi) is 6.34. The molecule has 1 heterocycles. The standard InChI is InChI=1S/C29H36N2O4/c1-21(32)35-29-14-13-25(30(2)27(34)23-7-4-3-5-8-23)18-28(29,24-9-6-10-26(33)17-24)15-16-31(20-29)19-22-11-12-22/h3-10,17,22,25,33H,11-16,18-20H2,1-2H3. The summed E-state index contributed by atoms with van der Waals surface area (Å²) in [6, 6.07) is 16.8. The number of amides is 1. The van der Waals surface area contributed by atoms with Gasteiger partial charge in [-0.05, 0) is 80.8 Å². The number of carbonyl (C=O) groups is 2. The first-order valence-corrected chi connectivity index (χ1v) is 12.9. The zero-order valence-electron chi connectivity index (χ0n) is 20.8. The number of phenolic OH excluding ortho intramolecular Hbond substituents is 1. The van der Waals surface area contributed by atoms with E-state index in [2.05, 4.69) is 11.0 Å². The summed E-state index contributed by atoms with van der Waals surface area (Å²) >= 11 is 0. The number of ether oxygens (including phenoxy) is 1. The molecule has 2 aliphatic carbocycles. The third kappa shape index (κ3) is 4.56. The number of piperidine rings is 1. The lowest BCUT2D eigenvalue weighted by Gasteiger charge is -2.60. The molecule has 0 aromatic heterocycles. The maximum atomic E-state index is 13.3. The zero-order valence-corrected chi connectivity index (χ0v) is 20.8. The number of rotatable bonds is 6. The van der Waals surface area contributed by atoms with Gasteiger partial charge in [-0.25, -0.2) is 0 Å². The fraction of sp³-hybridized carbons (Fsp3) is 0.517. The second-order valence-corrected chi connectivity index (χ2v) is 10.8. The Morgan fingerprint density at radius 3 is 2.54 bits per heavy atom. The molecule has 2 aromatic carbocycles. The van der Waals surface area contributed by atoms with E-state index in [1.807, 2.05) is 54.4 Å². The Labute approximate surface area is 207 Å². The van der Waals surface area contributed by atoms with Gasteiger partial charge in [0, 0.05) is 44.1 Å². The van der Waals surface area contributed by atoms with E-state index in [9.17, 15) is 14.7 Å². The fourth-order valence-corrected chi connectivity index (χ4v) is 6.57. The van der Waals surface area contributed by atoms with E-state index in [-0.39, 0.29) is 23.7 Å². The molecule has 2 aromatic rings. The minimum Gasteiger partial charge on any atom is -0.508 e. The van der Waals surface area contributed by atoms with E-state index in [0.29, 0.717) is 24.9 Å². The van der Waals surface area contributed by atoms with Crippen LogP contribution >= 0.6 is 0 Å². The van der Waals surface area contributed by atoms with Crippen molar-refractivity contribution >= 4 is 11.9 Å². The van der Waals surface area contributed by atoms with Crippen LogP contribution < -0.4 is 0 Å². The molecule has 186 valence electrons. The van der Waals surface area contributed by atoms with E-state index in [1.54, 1.807) is 6.07 Å². The van der Waals surface area contributed by atoms with Gasteiger partial charge in [-0.1, -0.05) is 30.3 Å². The van der Waals surface area contributed by atoms with E-state index < -0.39 is 11.0 Å². The Morgan fingerprint density at radius 1 is 1.09 bits per heavy atom. The number of nitrogens with zero attached hydrogens (tertiary/aromatic N) is 2. The molecule has 6 nitrogen and oxygen atoms in total. The van der Waals surface area contributed by atoms with E-state index in [4.69, 9.17) is 4.74 Å². The van der Waals surface area contributed by atoms with E-state index in [0.717, 1.165) is 37.4 Å². The molecule has 0 bridgehead atoms. The maximum absolute atomic E-state index is 13.3. The van der Waals surface area contributed by atoms with Gasteiger partial charge in [-0.3, -0.25) is 14.5 Å². The summed E-state index contributed by atoms with van der Waals surface area (Å²) in [6.45, 7) is 4.16. The van der Waals surface area contributed by atoms with Crippen molar-refractivity contribution in [3.63, 3.8) is 0 Å². The van der Waals surface area contributed by atoms with Crippen molar-refractivity contribution in [3.8, 4) is 5.75 Å². The molecular weight excluding hydrogens is 440 g/mol. The van der Waals surface area contributed by atoms with Gasteiger partial charge in [-0.2, -0.15) is 0 Å². The summed E-state index contributed by atoms with van der Waals surface area (Å²) in [5.41, 5.74) is 0.506. The monoisotopic (exact) mass is 476 g/mol. The highest BCUT2D eigenvalue weighted by atomic mass is 16.6. The molecule has 3 unspecified atom stereocenters. The molecular formula is C29H36N2O4. The highest BCUT2D eigenvalue weighted by molar-refractivity contribution is 5.94. The second-order valence-electron chi connectivity index (χ2n) is 10.8. The van der Waals surface area contributed by atoms with Crippen LogP contribution in [-0.2, 0) is 14.9 Å². The number of aromatic hydroxyl groups is 1. The maximum Gasteiger partial charge on any atom is 0.303 e. The lowest BCUT2D eigenvalue weighted by atomic mass is 9.55. The topological polar surface area (TPSA) is 70.1 Å². The minimum atomic E-state index is -0.688. The van der Waals surface area contributed by atoms with Crippen molar-refractivity contribution in [2.45, 2.75) is 62.5 Å². The predicted octanol–water partition coefficient (Wildman–Crippen LogP) is 4.37. The molecule has 2 saturated carbocycles. The summed E-state index contributed by atoms with van der Waals surface area (Å²) < 4.78 is 6.32. The van der Waals surface area contributed by atoms with Crippen LogP contribution in [0, 0.1) is 5.92 Å². The number of benzene rings is 2. The Balaban J connectivity index is 1.52. The number of phenols is 1. The SMILES string of the molecule is CC(=O)OC12CCC(N(C)C(=O)c3ccccc3)CC1(c1cccc(O)c1)CCN(CC1CC1)C2. The third-order valence-electron chi connectivity index (χ3n) is 8.51. The predicted molar refractivity (Wildman–Crippen MR) is 134 cm³/mol. The van der Waals surface area contributed by atoms with Crippen molar-refractivity contribution in [1.29, 1.82) is 0 Å². The molecule has 1 N–H and O–H groups in total. The average molecular weight is 477 g/mol. The van der Waals surface area contributed by atoms with Gasteiger partial charge in [0.25, 0.3) is 5.91 Å². The van der Waals surface area contributed by atoms with Crippen LogP contribution in [0.5, 0.6) is 5.75 Å². The fourth-order valence-electron chi connectivity index (χ4n) is 6.57. The minimum absolute atomic E-state index is 0.00344. The molecule has 6 heteroatoms. The number of hydrogen-bond donors (Lipinski definition) is 1. The zero-order chi connectivity index (χ0) is 24.6. The first kappa shape index (κ1) is 23.9. The first-order chi connectivity index (χ1) is 16.8. The van der Waals surface area contributed by atoms with Crippen LogP contribution in [0.1, 0.15) is 61.4 Å². The molecule has 35 heavy (non-hydrogen) atoms. The molecule has 5 rings (SSSR count). The van der Waals surface area contributed by atoms with Gasteiger partial charge < -0.3 is 14.7 Å². The lowest BCUT2D eigenvalue weighted by Crippen LogP contribution is -2.68. The van der Waals surface area contributed by atoms with Gasteiger partial charge in [0.05, 0.1) is 0 Å². The molecule has 1 amide bonds. The highest BCUT2D eigenvalue weighted by Gasteiger charge is 2.61. The summed E-state index contributed by atoms with van der Waals surface area (Å²) in [5.74, 6) is 0.705. The van der Waals surface area contributed by atoms with Gasteiger partial charge in [0.15, 0.2) is 0 Å². The van der Waals surface area contributed by atoms with Gasteiger partial charge in [-0.15, -0.1) is 0 Å². The van der Waals surface area contributed by atoms with Crippen molar-refractivity contribution < 1.29 is 19.4 Å². The van der Waals surface area contributed by atoms with Crippen molar-refractivity contribution in [2.75, 3.05) is 26.7 Å². The molecule has 1 aliphatic heterocycles. The summed E-state index contributed by atoms with van der Waals surface area (Å²) in [5, 5.41) is 10.4. The van der Waals surface area contributed by atoms with Crippen LogP contribution in [-0.4, -0.2) is 65.1 Å². The van der Waals surface area contributed by atoms with Gasteiger partial charge in [0.1, 0.15) is 11.4 Å². The van der Waals surface area contributed by atoms with Crippen LogP contribution in [0.3, 0.4) is 0 Å². The first-order valence-electron chi connectivity index (χ1n) is 12.9. The normalized spacial score (nSPS) is 28.7. The summed E-state index contributed by atoms with van der Waals surface area (Å²) in [7, 11) is 1.89. The number of carbonyl (C=O) groups excluding carboxylic acids is 2. The lowest BCUT2D eigenvalue weighted by molar-refractivity contribution is -0.188. The quantitative estimate of drug-likeness (QED) is 0.627. The van der Waals surface area contributed by atoms with Crippen LogP contribution in [0.2, 0.25) is 0 Å². The molecule has 3 fully saturated rings. The highest BCUT2D eigenvalue weighted by Crippen LogP contribution is 2.55. The Bertz CT molecular complexity index is 1090. The second kappa shape index (κ2) is 9.30. The molecule has 0 spiro atoms. The van der Waals surface area contributed by atoms with Crippen LogP contribution in [0.15, 0.2) is 54.6 Å². The van der Waals surface area contributed by atoms with Crippen molar-refractivity contribution in [1.82, 2.24) is 9.80 Å². The Morgan fingerprint density at radius 2 is 1.86 bits per heavy atom. The van der Waals surface area contributed by atoms with Gasteiger partial charge in [0.2, 0.25) is 0 Å². The molecule has 3 aliphatic rings. The number of esters is 1. The molecule has 0 radical (unpaired) electrons. The smallest absolute Gasteiger partial charge is 0.303 e. The average Bonchev–Trinajstić information content (AvgIpc) is 3.67. The van der Waals surface area contributed by atoms with Crippen molar-refractivity contribution in [3.05, 3.63) is 65.7 Å². The van der Waals surface area contributed by atoms with Crippen LogP contribution in [0.25, 0.3) is 0 Å². The Hall–Kier alpha value is -2.86. The number of likely N-dealkylation sites (tertiary alicyclic amines) is 1. The van der Waals surface area contributed by atoms with Crippen LogP contribution in [0.4, 0.5) is 0 Å². The largest absolute Gasteiger partial charge is 0.508 e. The van der Waals surface area contributed by atoms with Crippen molar-refractivity contribution in [2.24, 2.45) is 5.92 Å².